The predicted molar refractivity (Wildman–Crippen MR) is 93.2 cm³/mol. The highest BCUT2D eigenvalue weighted by Gasteiger charge is 2.10. The van der Waals surface area contributed by atoms with Gasteiger partial charge in [-0.3, -0.25) is 9.59 Å². The Morgan fingerprint density at radius 3 is 2.64 bits per heavy atom. The number of thiophene rings is 1. The number of benzene rings is 1. The van der Waals surface area contributed by atoms with Crippen LogP contribution in [0.4, 0.5) is 5.69 Å². The van der Waals surface area contributed by atoms with Crippen molar-refractivity contribution in [1.82, 2.24) is 4.90 Å². The van der Waals surface area contributed by atoms with Gasteiger partial charge in [0.1, 0.15) is 0 Å². The summed E-state index contributed by atoms with van der Waals surface area (Å²) in [5, 5.41) is 2.88. The van der Waals surface area contributed by atoms with Gasteiger partial charge in [0.15, 0.2) is 0 Å². The van der Waals surface area contributed by atoms with Crippen LogP contribution in [-0.4, -0.2) is 23.3 Å². The first kappa shape index (κ1) is 16.7. The van der Waals surface area contributed by atoms with Gasteiger partial charge in [0.25, 0.3) is 5.91 Å². The summed E-state index contributed by atoms with van der Waals surface area (Å²) in [7, 11) is 0. The normalized spacial score (nSPS) is 10.3. The molecule has 2 aromatic rings. The Morgan fingerprint density at radius 1 is 1.27 bits per heavy atom. The molecule has 0 saturated heterocycles. The molecule has 1 aromatic carbocycles. The summed E-state index contributed by atoms with van der Waals surface area (Å²) in [5.74, 6) is -0.0906. The highest BCUT2D eigenvalue weighted by atomic mass is 79.9. The van der Waals surface area contributed by atoms with Gasteiger partial charge in [-0.2, -0.15) is 0 Å². The zero-order valence-corrected chi connectivity index (χ0v) is 14.8. The molecule has 0 aliphatic heterocycles. The van der Waals surface area contributed by atoms with Gasteiger partial charge in [-0.15, -0.1) is 11.3 Å². The van der Waals surface area contributed by atoms with Gasteiger partial charge in [-0.25, -0.2) is 0 Å². The van der Waals surface area contributed by atoms with Crippen LogP contribution in [0.2, 0.25) is 0 Å². The smallest absolute Gasteiger partial charge is 0.265 e. The molecule has 2 rings (SSSR count). The van der Waals surface area contributed by atoms with E-state index >= 15 is 0 Å². The molecule has 1 aromatic heterocycles. The Bertz CT molecular complexity index is 684. The zero-order valence-electron chi connectivity index (χ0n) is 12.4. The van der Waals surface area contributed by atoms with Crippen LogP contribution in [0.1, 0.15) is 29.1 Å². The molecule has 0 spiro atoms. The first-order valence-corrected chi connectivity index (χ1v) is 8.51. The van der Waals surface area contributed by atoms with Crippen LogP contribution in [0.25, 0.3) is 0 Å². The zero-order chi connectivity index (χ0) is 16.1. The molecule has 0 unspecified atom stereocenters. The molecule has 0 bridgehead atoms. The second-order valence-corrected chi connectivity index (χ2v) is 7.25. The maximum absolute atomic E-state index is 12.1. The van der Waals surface area contributed by atoms with E-state index in [9.17, 15) is 9.59 Å². The summed E-state index contributed by atoms with van der Waals surface area (Å²) in [6.45, 7) is 4.71. The minimum absolute atomic E-state index is 0.0420. The summed E-state index contributed by atoms with van der Waals surface area (Å²) >= 11 is 4.74. The van der Waals surface area contributed by atoms with E-state index in [0.29, 0.717) is 18.0 Å². The van der Waals surface area contributed by atoms with Crippen molar-refractivity contribution in [2.24, 2.45) is 0 Å². The molecule has 0 fully saturated rings. The Balaban J connectivity index is 2.08. The number of carbonyl (C=O) groups is 2. The highest BCUT2D eigenvalue weighted by Crippen LogP contribution is 2.23. The van der Waals surface area contributed by atoms with Crippen molar-refractivity contribution in [3.05, 3.63) is 50.6 Å². The average Bonchev–Trinajstić information content (AvgIpc) is 2.91. The van der Waals surface area contributed by atoms with Crippen LogP contribution >= 0.6 is 27.3 Å². The van der Waals surface area contributed by atoms with E-state index in [2.05, 4.69) is 21.2 Å². The van der Waals surface area contributed by atoms with Crippen molar-refractivity contribution >= 4 is 44.8 Å². The molecule has 0 atom stereocenters. The monoisotopic (exact) mass is 380 g/mol. The number of hydrogen-bond donors (Lipinski definition) is 1. The first-order chi connectivity index (χ1) is 10.5. The lowest BCUT2D eigenvalue weighted by Crippen LogP contribution is -2.27. The second-order valence-electron chi connectivity index (χ2n) is 4.79. The third-order valence-electron chi connectivity index (χ3n) is 3.18. The van der Waals surface area contributed by atoms with E-state index in [4.69, 9.17) is 0 Å². The Hall–Kier alpha value is -1.66. The van der Waals surface area contributed by atoms with E-state index in [0.717, 1.165) is 15.0 Å². The fourth-order valence-electron chi connectivity index (χ4n) is 2.04. The molecule has 22 heavy (non-hydrogen) atoms. The molecular formula is C16H17BrN2O2S. The number of amides is 2. The van der Waals surface area contributed by atoms with Crippen LogP contribution in [0.3, 0.4) is 0 Å². The number of rotatable bonds is 5. The van der Waals surface area contributed by atoms with Crippen molar-refractivity contribution in [2.45, 2.75) is 20.4 Å². The topological polar surface area (TPSA) is 49.4 Å². The number of nitrogens with one attached hydrogen (secondary N) is 1. The predicted octanol–water partition coefficient (Wildman–Crippen LogP) is 4.13. The number of nitrogens with zero attached hydrogens (tertiary/aromatic N) is 1. The molecule has 4 nitrogen and oxygen atoms in total. The lowest BCUT2D eigenvalue weighted by atomic mass is 10.2. The molecule has 6 heteroatoms. The van der Waals surface area contributed by atoms with Gasteiger partial charge in [0, 0.05) is 25.7 Å². The van der Waals surface area contributed by atoms with Crippen LogP contribution < -0.4 is 5.32 Å². The summed E-state index contributed by atoms with van der Waals surface area (Å²) in [5.41, 5.74) is 1.72. The Labute approximate surface area is 142 Å². The Morgan fingerprint density at radius 2 is 2.05 bits per heavy atom. The maximum atomic E-state index is 12.1. The van der Waals surface area contributed by atoms with E-state index in [-0.39, 0.29) is 11.8 Å². The average molecular weight is 381 g/mol. The summed E-state index contributed by atoms with van der Waals surface area (Å²) in [4.78, 5) is 26.0. The summed E-state index contributed by atoms with van der Waals surface area (Å²) in [6, 6.07) is 11.2. The van der Waals surface area contributed by atoms with E-state index in [1.165, 1.54) is 11.3 Å². The molecule has 2 amide bonds. The summed E-state index contributed by atoms with van der Waals surface area (Å²) < 4.78 is 0.923. The van der Waals surface area contributed by atoms with Gasteiger partial charge in [-0.1, -0.05) is 12.1 Å². The van der Waals surface area contributed by atoms with Gasteiger partial charge < -0.3 is 10.2 Å². The first-order valence-electron chi connectivity index (χ1n) is 6.90. The van der Waals surface area contributed by atoms with Crippen molar-refractivity contribution in [3.63, 3.8) is 0 Å². The third-order valence-corrected chi connectivity index (χ3v) is 4.80. The summed E-state index contributed by atoms with van der Waals surface area (Å²) in [6.07, 6.45) is 0. The Kier molecular flexibility index (Phi) is 5.74. The largest absolute Gasteiger partial charge is 0.339 e. The van der Waals surface area contributed by atoms with Gasteiger partial charge in [0.05, 0.1) is 8.66 Å². The van der Waals surface area contributed by atoms with E-state index < -0.39 is 0 Å². The molecule has 116 valence electrons. The SMILES string of the molecule is CCN(Cc1cccc(NC(=O)c2ccc(Br)s2)c1)C(C)=O. The van der Waals surface area contributed by atoms with Crippen LogP contribution in [0, 0.1) is 0 Å². The minimum atomic E-state index is -0.133. The van der Waals surface area contributed by atoms with Crippen molar-refractivity contribution in [2.75, 3.05) is 11.9 Å². The van der Waals surface area contributed by atoms with Crippen molar-refractivity contribution in [3.8, 4) is 0 Å². The molecular weight excluding hydrogens is 364 g/mol. The quantitative estimate of drug-likeness (QED) is 0.847. The van der Waals surface area contributed by atoms with Gasteiger partial charge in [0.2, 0.25) is 5.91 Å². The fourth-order valence-corrected chi connectivity index (χ4v) is 3.32. The van der Waals surface area contributed by atoms with E-state index in [1.54, 1.807) is 17.9 Å². The minimum Gasteiger partial charge on any atom is -0.339 e. The van der Waals surface area contributed by atoms with Crippen molar-refractivity contribution in [1.29, 1.82) is 0 Å². The second kappa shape index (κ2) is 7.56. The number of hydrogen-bond acceptors (Lipinski definition) is 3. The fraction of sp³-hybridized carbons (Fsp3) is 0.250. The molecule has 0 aliphatic rings. The standard InChI is InChI=1S/C16H17BrN2O2S/c1-3-19(11(2)20)10-12-5-4-6-13(9-12)18-16(21)14-7-8-15(17)22-14/h4-9H,3,10H2,1-2H3,(H,18,21). The van der Waals surface area contributed by atoms with Crippen LogP contribution in [0.15, 0.2) is 40.2 Å². The maximum Gasteiger partial charge on any atom is 0.265 e. The highest BCUT2D eigenvalue weighted by molar-refractivity contribution is 9.11. The molecule has 1 N–H and O–H groups in total. The molecule has 1 heterocycles. The molecule has 0 radical (unpaired) electrons. The van der Waals surface area contributed by atoms with Crippen LogP contribution in [-0.2, 0) is 11.3 Å². The van der Waals surface area contributed by atoms with Crippen molar-refractivity contribution < 1.29 is 9.59 Å². The number of carbonyl (C=O) groups excluding carboxylic acids is 2. The molecule has 0 aliphatic carbocycles. The van der Waals surface area contributed by atoms with Crippen LogP contribution in [0.5, 0.6) is 0 Å². The van der Waals surface area contributed by atoms with Gasteiger partial charge >= 0.3 is 0 Å². The third kappa shape index (κ3) is 4.42. The van der Waals surface area contributed by atoms with Gasteiger partial charge in [-0.05, 0) is 52.7 Å². The number of halogens is 1. The van der Waals surface area contributed by atoms with E-state index in [1.807, 2.05) is 37.3 Å². The lowest BCUT2D eigenvalue weighted by Gasteiger charge is -2.19. The lowest BCUT2D eigenvalue weighted by molar-refractivity contribution is -0.129. The number of anilines is 1. The molecule has 0 saturated carbocycles.